The Balaban J connectivity index is 1.98. The molecule has 1 aromatic carbocycles. The zero-order chi connectivity index (χ0) is 14.0. The normalized spacial score (nSPS) is 14.9. The molecule has 1 aliphatic rings. The van der Waals surface area contributed by atoms with Crippen molar-refractivity contribution in [3.8, 4) is 0 Å². The van der Waals surface area contributed by atoms with Crippen molar-refractivity contribution in [2.45, 2.75) is 33.3 Å². The van der Waals surface area contributed by atoms with Crippen LogP contribution < -0.4 is 0 Å². The molecule has 3 heteroatoms. The van der Waals surface area contributed by atoms with E-state index in [9.17, 15) is 4.79 Å². The number of carbonyl (C=O) groups is 1. The third-order valence-corrected chi connectivity index (χ3v) is 3.15. The van der Waals surface area contributed by atoms with E-state index < -0.39 is 5.60 Å². The van der Waals surface area contributed by atoms with Gasteiger partial charge in [-0.05, 0) is 44.4 Å². The molecule has 0 N–H and O–H groups in total. The number of amides is 1. The van der Waals surface area contributed by atoms with Crippen LogP contribution >= 0.6 is 0 Å². The number of hydrogen-bond donors (Lipinski definition) is 0. The van der Waals surface area contributed by atoms with E-state index in [2.05, 4.69) is 19.1 Å². The van der Waals surface area contributed by atoms with Crippen molar-refractivity contribution in [1.29, 1.82) is 0 Å². The van der Waals surface area contributed by atoms with E-state index in [0.717, 1.165) is 0 Å². The van der Waals surface area contributed by atoms with Crippen molar-refractivity contribution in [1.82, 2.24) is 4.90 Å². The summed E-state index contributed by atoms with van der Waals surface area (Å²) >= 11 is 0. The van der Waals surface area contributed by atoms with Gasteiger partial charge in [0.1, 0.15) is 5.60 Å². The summed E-state index contributed by atoms with van der Waals surface area (Å²) in [6.07, 6.45) is -0.225. The SMILES string of the molecule is CC(=C1CN(C(=O)OC(C)(C)C)C1)c1ccccc1. The molecule has 19 heavy (non-hydrogen) atoms. The Morgan fingerprint density at radius 3 is 2.26 bits per heavy atom. The Labute approximate surface area is 114 Å². The molecule has 1 aromatic rings. The van der Waals surface area contributed by atoms with Gasteiger partial charge in [-0.2, -0.15) is 0 Å². The number of rotatable bonds is 1. The third kappa shape index (κ3) is 3.37. The molecule has 0 atom stereocenters. The molecular formula is C16H21NO2. The van der Waals surface area contributed by atoms with Crippen molar-refractivity contribution in [2.24, 2.45) is 0 Å². The molecule has 1 saturated heterocycles. The summed E-state index contributed by atoms with van der Waals surface area (Å²) in [5.74, 6) is 0. The van der Waals surface area contributed by atoms with Crippen LogP contribution in [-0.4, -0.2) is 29.7 Å². The lowest BCUT2D eigenvalue weighted by Crippen LogP contribution is -2.47. The molecule has 3 nitrogen and oxygen atoms in total. The average molecular weight is 259 g/mol. The smallest absolute Gasteiger partial charge is 0.410 e. The minimum absolute atomic E-state index is 0.225. The van der Waals surface area contributed by atoms with Gasteiger partial charge < -0.3 is 9.64 Å². The van der Waals surface area contributed by atoms with Gasteiger partial charge in [-0.15, -0.1) is 0 Å². The fourth-order valence-corrected chi connectivity index (χ4v) is 2.00. The van der Waals surface area contributed by atoms with Crippen molar-refractivity contribution in [3.05, 3.63) is 41.5 Å². The summed E-state index contributed by atoms with van der Waals surface area (Å²) in [4.78, 5) is 13.6. The number of benzene rings is 1. The lowest BCUT2D eigenvalue weighted by Gasteiger charge is -2.36. The van der Waals surface area contributed by atoms with Gasteiger partial charge in [-0.3, -0.25) is 0 Å². The van der Waals surface area contributed by atoms with Gasteiger partial charge in [-0.1, -0.05) is 30.3 Å². The molecule has 1 fully saturated rings. The van der Waals surface area contributed by atoms with Crippen LogP contribution in [0.1, 0.15) is 33.3 Å². The Morgan fingerprint density at radius 1 is 1.16 bits per heavy atom. The number of allylic oxidation sites excluding steroid dienone is 1. The maximum Gasteiger partial charge on any atom is 0.410 e. The lowest BCUT2D eigenvalue weighted by molar-refractivity contribution is 0.0215. The van der Waals surface area contributed by atoms with E-state index in [-0.39, 0.29) is 6.09 Å². The van der Waals surface area contributed by atoms with Gasteiger partial charge in [0.05, 0.1) is 0 Å². The lowest BCUT2D eigenvalue weighted by atomic mass is 9.96. The number of carbonyl (C=O) groups excluding carboxylic acids is 1. The Bertz CT molecular complexity index is 489. The molecule has 0 spiro atoms. The quantitative estimate of drug-likeness (QED) is 0.769. The summed E-state index contributed by atoms with van der Waals surface area (Å²) in [5, 5.41) is 0. The standard InChI is InChI=1S/C16H21NO2/c1-12(13-8-6-5-7-9-13)14-10-17(11-14)15(18)19-16(2,3)4/h5-9H,10-11H2,1-4H3. The third-order valence-electron chi connectivity index (χ3n) is 3.15. The maximum atomic E-state index is 11.8. The second-order valence-corrected chi connectivity index (χ2v) is 5.93. The van der Waals surface area contributed by atoms with Gasteiger partial charge in [0.25, 0.3) is 0 Å². The van der Waals surface area contributed by atoms with E-state index in [0.29, 0.717) is 13.1 Å². The van der Waals surface area contributed by atoms with Gasteiger partial charge in [0, 0.05) is 13.1 Å². The second kappa shape index (κ2) is 5.08. The van der Waals surface area contributed by atoms with Crippen molar-refractivity contribution < 1.29 is 9.53 Å². The van der Waals surface area contributed by atoms with Gasteiger partial charge in [-0.25, -0.2) is 4.79 Å². The Kier molecular flexibility index (Phi) is 3.65. The summed E-state index contributed by atoms with van der Waals surface area (Å²) in [6.45, 7) is 9.12. The van der Waals surface area contributed by atoms with Crippen molar-refractivity contribution in [3.63, 3.8) is 0 Å². The van der Waals surface area contributed by atoms with Crippen molar-refractivity contribution >= 4 is 11.7 Å². The molecule has 0 bridgehead atoms. The molecular weight excluding hydrogens is 238 g/mol. The van der Waals surface area contributed by atoms with Gasteiger partial charge in [0.2, 0.25) is 0 Å². The van der Waals surface area contributed by atoms with Crippen LogP contribution in [0.15, 0.2) is 35.9 Å². The predicted molar refractivity (Wildman–Crippen MR) is 76.8 cm³/mol. The van der Waals surface area contributed by atoms with Crippen LogP contribution in [0, 0.1) is 0 Å². The topological polar surface area (TPSA) is 29.5 Å². The second-order valence-electron chi connectivity index (χ2n) is 5.93. The molecule has 1 aliphatic heterocycles. The summed E-state index contributed by atoms with van der Waals surface area (Å²) < 4.78 is 5.34. The van der Waals surface area contributed by atoms with Crippen LogP contribution in [0.3, 0.4) is 0 Å². The van der Waals surface area contributed by atoms with Crippen LogP contribution in [-0.2, 0) is 4.74 Å². The molecule has 1 amide bonds. The molecule has 0 saturated carbocycles. The van der Waals surface area contributed by atoms with Crippen LogP contribution in [0.4, 0.5) is 4.79 Å². The highest BCUT2D eigenvalue weighted by Gasteiger charge is 2.30. The molecule has 0 aromatic heterocycles. The van der Waals surface area contributed by atoms with Gasteiger partial charge in [0.15, 0.2) is 0 Å². The highest BCUT2D eigenvalue weighted by atomic mass is 16.6. The first-order chi connectivity index (χ1) is 8.87. The molecule has 1 heterocycles. The highest BCUT2D eigenvalue weighted by Crippen LogP contribution is 2.26. The first-order valence-corrected chi connectivity index (χ1v) is 6.59. The first-order valence-electron chi connectivity index (χ1n) is 6.59. The van der Waals surface area contributed by atoms with Crippen LogP contribution in [0.2, 0.25) is 0 Å². The molecule has 0 radical (unpaired) electrons. The predicted octanol–water partition coefficient (Wildman–Crippen LogP) is 3.71. The summed E-state index contributed by atoms with van der Waals surface area (Å²) in [5.41, 5.74) is 3.36. The number of likely N-dealkylation sites (tertiary alicyclic amines) is 1. The van der Waals surface area contributed by atoms with Crippen LogP contribution in [0.25, 0.3) is 5.57 Å². The molecule has 0 unspecified atom stereocenters. The molecule has 0 aliphatic carbocycles. The summed E-state index contributed by atoms with van der Waals surface area (Å²) in [6, 6.07) is 10.3. The zero-order valence-electron chi connectivity index (χ0n) is 12.1. The number of nitrogens with zero attached hydrogens (tertiary/aromatic N) is 1. The van der Waals surface area contributed by atoms with E-state index in [4.69, 9.17) is 4.74 Å². The van der Waals surface area contributed by atoms with Gasteiger partial charge >= 0.3 is 6.09 Å². The Hall–Kier alpha value is -1.77. The van der Waals surface area contributed by atoms with E-state index >= 15 is 0 Å². The highest BCUT2D eigenvalue weighted by molar-refractivity contribution is 5.75. The maximum absolute atomic E-state index is 11.8. The van der Waals surface area contributed by atoms with E-state index in [1.807, 2.05) is 39.0 Å². The minimum atomic E-state index is -0.426. The molecule has 2 rings (SSSR count). The van der Waals surface area contributed by atoms with E-state index in [1.54, 1.807) is 4.90 Å². The number of hydrogen-bond acceptors (Lipinski definition) is 2. The fourth-order valence-electron chi connectivity index (χ4n) is 2.00. The zero-order valence-corrected chi connectivity index (χ0v) is 12.1. The Morgan fingerprint density at radius 2 is 1.74 bits per heavy atom. The first kappa shape index (κ1) is 13.7. The van der Waals surface area contributed by atoms with E-state index in [1.165, 1.54) is 16.7 Å². The minimum Gasteiger partial charge on any atom is -0.444 e. The molecule has 102 valence electrons. The van der Waals surface area contributed by atoms with Crippen molar-refractivity contribution in [2.75, 3.05) is 13.1 Å². The monoisotopic (exact) mass is 259 g/mol. The number of ether oxygens (including phenoxy) is 1. The average Bonchev–Trinajstić information content (AvgIpc) is 2.25. The van der Waals surface area contributed by atoms with Crippen LogP contribution in [0.5, 0.6) is 0 Å². The summed E-state index contributed by atoms with van der Waals surface area (Å²) in [7, 11) is 0. The fraction of sp³-hybridized carbons (Fsp3) is 0.438. The largest absolute Gasteiger partial charge is 0.444 e.